The molecule has 1 saturated carbocycles. The Balaban J connectivity index is 1.69. The smallest absolute Gasteiger partial charge is 0.317 e. The largest absolute Gasteiger partial charge is 0.481 e. The molecule has 1 aliphatic carbocycles. The van der Waals surface area contributed by atoms with Gasteiger partial charge in [0.2, 0.25) is 0 Å². The molecule has 6 nitrogen and oxygen atoms in total. The molecule has 2 rings (SSSR count). The summed E-state index contributed by atoms with van der Waals surface area (Å²) in [6.45, 7) is 3.99. The van der Waals surface area contributed by atoms with Crippen molar-refractivity contribution in [3.05, 3.63) is 0 Å². The first-order valence-corrected chi connectivity index (χ1v) is 7.89. The maximum absolute atomic E-state index is 12.1. The molecule has 2 amide bonds. The van der Waals surface area contributed by atoms with Crippen LogP contribution in [0.2, 0.25) is 0 Å². The molecule has 120 valence electrons. The van der Waals surface area contributed by atoms with Crippen molar-refractivity contribution in [1.29, 1.82) is 0 Å². The lowest BCUT2D eigenvalue weighted by Gasteiger charge is -2.25. The number of hydrogen-bond donors (Lipinski definition) is 2. The summed E-state index contributed by atoms with van der Waals surface area (Å²) in [6, 6.07) is 0.517. The van der Waals surface area contributed by atoms with Crippen LogP contribution in [0.1, 0.15) is 39.0 Å². The van der Waals surface area contributed by atoms with E-state index in [-0.39, 0.29) is 6.03 Å². The molecule has 1 unspecified atom stereocenters. The second kappa shape index (κ2) is 6.64. The average molecular weight is 297 g/mol. The Hall–Kier alpha value is -1.30. The van der Waals surface area contributed by atoms with Gasteiger partial charge in [0.05, 0.1) is 5.41 Å². The number of carboxylic acids is 1. The van der Waals surface area contributed by atoms with Crippen LogP contribution in [-0.4, -0.2) is 66.2 Å². The van der Waals surface area contributed by atoms with E-state index < -0.39 is 11.4 Å². The van der Waals surface area contributed by atoms with E-state index >= 15 is 0 Å². The Morgan fingerprint density at radius 1 is 1.38 bits per heavy atom. The van der Waals surface area contributed by atoms with E-state index in [9.17, 15) is 14.7 Å². The Bertz CT molecular complexity index is 396. The molecular weight excluding hydrogens is 270 g/mol. The number of nitrogens with one attached hydrogen (secondary N) is 1. The van der Waals surface area contributed by atoms with E-state index in [2.05, 4.69) is 17.3 Å². The Kier molecular flexibility index (Phi) is 5.08. The summed E-state index contributed by atoms with van der Waals surface area (Å²) in [5.74, 6) is -0.821. The van der Waals surface area contributed by atoms with E-state index in [1.807, 2.05) is 0 Å². The van der Waals surface area contributed by atoms with Gasteiger partial charge in [0.25, 0.3) is 0 Å². The number of rotatable bonds is 5. The number of hydrogen-bond acceptors (Lipinski definition) is 3. The first-order chi connectivity index (χ1) is 9.92. The Morgan fingerprint density at radius 3 is 2.62 bits per heavy atom. The van der Waals surface area contributed by atoms with Crippen molar-refractivity contribution in [3.8, 4) is 0 Å². The highest BCUT2D eigenvalue weighted by atomic mass is 16.4. The van der Waals surface area contributed by atoms with Gasteiger partial charge in [0, 0.05) is 32.2 Å². The molecule has 6 heteroatoms. The molecule has 0 aromatic heterocycles. The van der Waals surface area contributed by atoms with Gasteiger partial charge < -0.3 is 20.2 Å². The summed E-state index contributed by atoms with van der Waals surface area (Å²) in [4.78, 5) is 27.2. The monoisotopic (exact) mass is 297 g/mol. The van der Waals surface area contributed by atoms with Crippen LogP contribution in [0.15, 0.2) is 0 Å². The van der Waals surface area contributed by atoms with Gasteiger partial charge in [0.1, 0.15) is 0 Å². The molecule has 2 N–H and O–H groups in total. The summed E-state index contributed by atoms with van der Waals surface area (Å²) in [5.41, 5.74) is -0.794. The van der Waals surface area contributed by atoms with Crippen LogP contribution in [0, 0.1) is 5.41 Å². The number of carbonyl (C=O) groups excluding carboxylic acids is 1. The van der Waals surface area contributed by atoms with Crippen molar-refractivity contribution in [2.45, 2.75) is 45.1 Å². The minimum absolute atomic E-state index is 0.139. The van der Waals surface area contributed by atoms with Gasteiger partial charge in [-0.1, -0.05) is 12.8 Å². The molecule has 2 aliphatic rings. The molecule has 0 aromatic rings. The summed E-state index contributed by atoms with van der Waals surface area (Å²) in [5, 5.41) is 12.1. The molecule has 1 aliphatic heterocycles. The number of likely N-dealkylation sites (tertiary alicyclic amines) is 1. The van der Waals surface area contributed by atoms with Crippen molar-refractivity contribution < 1.29 is 14.7 Å². The minimum atomic E-state index is -0.821. The number of carboxylic acid groups (broad SMARTS) is 1. The first kappa shape index (κ1) is 16.1. The summed E-state index contributed by atoms with van der Waals surface area (Å²) in [7, 11) is 2.11. The SMILES string of the molecule is CN(CCNC(=O)N1CCC(C)(C(=O)O)C1)C1CCCC1. The van der Waals surface area contributed by atoms with E-state index in [1.54, 1.807) is 11.8 Å². The third-order valence-electron chi connectivity index (χ3n) is 4.97. The number of carbonyl (C=O) groups is 2. The van der Waals surface area contributed by atoms with Crippen LogP contribution < -0.4 is 5.32 Å². The van der Waals surface area contributed by atoms with Gasteiger partial charge in [-0.05, 0) is 33.2 Å². The third-order valence-corrected chi connectivity index (χ3v) is 4.97. The topological polar surface area (TPSA) is 72.9 Å². The van der Waals surface area contributed by atoms with E-state index in [1.165, 1.54) is 25.7 Å². The van der Waals surface area contributed by atoms with Crippen LogP contribution >= 0.6 is 0 Å². The molecule has 0 aromatic carbocycles. The zero-order valence-electron chi connectivity index (χ0n) is 13.1. The fourth-order valence-electron chi connectivity index (χ4n) is 3.29. The van der Waals surface area contributed by atoms with E-state index in [4.69, 9.17) is 0 Å². The highest BCUT2D eigenvalue weighted by molar-refractivity contribution is 5.79. The molecule has 21 heavy (non-hydrogen) atoms. The summed E-state index contributed by atoms with van der Waals surface area (Å²) < 4.78 is 0. The van der Waals surface area contributed by atoms with Gasteiger partial charge in [-0.15, -0.1) is 0 Å². The van der Waals surface area contributed by atoms with Gasteiger partial charge in [0.15, 0.2) is 0 Å². The predicted molar refractivity (Wildman–Crippen MR) is 80.2 cm³/mol. The minimum Gasteiger partial charge on any atom is -0.481 e. The zero-order valence-corrected chi connectivity index (χ0v) is 13.1. The van der Waals surface area contributed by atoms with Gasteiger partial charge in [-0.3, -0.25) is 4.79 Å². The van der Waals surface area contributed by atoms with Crippen molar-refractivity contribution in [2.75, 3.05) is 33.2 Å². The lowest BCUT2D eigenvalue weighted by molar-refractivity contribution is -0.146. The van der Waals surface area contributed by atoms with E-state index in [0.717, 1.165) is 6.54 Å². The molecule has 1 atom stereocenters. The fraction of sp³-hybridized carbons (Fsp3) is 0.867. The maximum atomic E-state index is 12.1. The second-order valence-corrected chi connectivity index (χ2v) is 6.69. The molecular formula is C15H27N3O3. The molecule has 1 heterocycles. The van der Waals surface area contributed by atoms with Gasteiger partial charge in [-0.2, -0.15) is 0 Å². The van der Waals surface area contributed by atoms with Gasteiger partial charge >= 0.3 is 12.0 Å². The normalized spacial score (nSPS) is 26.5. The van der Waals surface area contributed by atoms with Crippen LogP contribution in [0.5, 0.6) is 0 Å². The fourth-order valence-corrected chi connectivity index (χ4v) is 3.29. The van der Waals surface area contributed by atoms with Crippen molar-refractivity contribution >= 4 is 12.0 Å². The van der Waals surface area contributed by atoms with Crippen LogP contribution in [0.4, 0.5) is 4.79 Å². The number of amides is 2. The lowest BCUT2D eigenvalue weighted by atomic mass is 9.90. The van der Waals surface area contributed by atoms with Gasteiger partial charge in [-0.25, -0.2) is 4.79 Å². The molecule has 0 spiro atoms. The van der Waals surface area contributed by atoms with Crippen LogP contribution in [0.3, 0.4) is 0 Å². The van der Waals surface area contributed by atoms with Crippen molar-refractivity contribution in [1.82, 2.24) is 15.1 Å². The summed E-state index contributed by atoms with van der Waals surface area (Å²) >= 11 is 0. The number of likely N-dealkylation sites (N-methyl/N-ethyl adjacent to an activating group) is 1. The third kappa shape index (κ3) is 3.87. The van der Waals surface area contributed by atoms with Crippen LogP contribution in [0.25, 0.3) is 0 Å². The maximum Gasteiger partial charge on any atom is 0.317 e. The summed E-state index contributed by atoms with van der Waals surface area (Å²) in [6.07, 6.45) is 5.66. The average Bonchev–Trinajstić information content (AvgIpc) is 3.08. The van der Waals surface area contributed by atoms with Crippen molar-refractivity contribution in [3.63, 3.8) is 0 Å². The standard InChI is InChI=1S/C15H27N3O3/c1-15(13(19)20)7-9-18(11-15)14(21)16-8-10-17(2)12-5-3-4-6-12/h12H,3-11H2,1-2H3,(H,16,21)(H,19,20). The molecule has 1 saturated heterocycles. The highest BCUT2D eigenvalue weighted by Gasteiger charge is 2.42. The molecule has 0 radical (unpaired) electrons. The van der Waals surface area contributed by atoms with E-state index in [0.29, 0.717) is 32.1 Å². The van der Waals surface area contributed by atoms with Crippen molar-refractivity contribution in [2.24, 2.45) is 5.41 Å². The Labute approximate surface area is 126 Å². The highest BCUT2D eigenvalue weighted by Crippen LogP contribution is 2.29. The molecule has 2 fully saturated rings. The number of aliphatic carboxylic acids is 1. The number of nitrogens with zero attached hydrogens (tertiary/aromatic N) is 2. The molecule has 0 bridgehead atoms. The quantitative estimate of drug-likeness (QED) is 0.804. The zero-order chi connectivity index (χ0) is 15.5. The lowest BCUT2D eigenvalue weighted by Crippen LogP contribution is -2.44. The second-order valence-electron chi connectivity index (χ2n) is 6.69. The van der Waals surface area contributed by atoms with Crippen LogP contribution in [-0.2, 0) is 4.79 Å². The number of urea groups is 1. The first-order valence-electron chi connectivity index (χ1n) is 7.89. The Morgan fingerprint density at radius 2 is 2.05 bits per heavy atom. The predicted octanol–water partition coefficient (Wildman–Crippen LogP) is 1.37.